The van der Waals surface area contributed by atoms with Gasteiger partial charge in [0.1, 0.15) is 5.75 Å². The molecular formula is C16H16ClN3O4S. The van der Waals surface area contributed by atoms with E-state index < -0.39 is 16.1 Å². The van der Waals surface area contributed by atoms with Gasteiger partial charge >= 0.3 is 0 Å². The van der Waals surface area contributed by atoms with Gasteiger partial charge in [-0.2, -0.15) is 0 Å². The summed E-state index contributed by atoms with van der Waals surface area (Å²) in [5.41, 5.74) is 0.864. The van der Waals surface area contributed by atoms with E-state index in [4.69, 9.17) is 16.3 Å². The first-order chi connectivity index (χ1) is 11.8. The van der Waals surface area contributed by atoms with E-state index in [2.05, 4.69) is 10.3 Å². The first-order valence-electron chi connectivity index (χ1n) is 7.49. The van der Waals surface area contributed by atoms with Crippen molar-refractivity contribution in [1.29, 1.82) is 0 Å². The van der Waals surface area contributed by atoms with E-state index in [1.807, 2.05) is 0 Å². The van der Waals surface area contributed by atoms with Crippen LogP contribution in [0.1, 0.15) is 6.42 Å². The summed E-state index contributed by atoms with van der Waals surface area (Å²) in [5.74, 6) is -0.0806. The number of amides is 1. The van der Waals surface area contributed by atoms with Gasteiger partial charge in [0, 0.05) is 24.2 Å². The summed E-state index contributed by atoms with van der Waals surface area (Å²) in [6.07, 6.45) is 3.58. The largest absolute Gasteiger partial charge is 0.478 e. The molecule has 0 spiro atoms. The van der Waals surface area contributed by atoms with Gasteiger partial charge in [0.15, 0.2) is 6.10 Å². The van der Waals surface area contributed by atoms with E-state index in [0.717, 1.165) is 6.26 Å². The molecule has 1 aromatic carbocycles. The van der Waals surface area contributed by atoms with Crippen LogP contribution in [0.5, 0.6) is 5.75 Å². The Morgan fingerprint density at radius 2 is 2.20 bits per heavy atom. The topological polar surface area (TPSA) is 88.6 Å². The number of carbonyl (C=O) groups is 1. The molecule has 0 saturated carbocycles. The van der Waals surface area contributed by atoms with Crippen LogP contribution < -0.4 is 14.4 Å². The zero-order chi connectivity index (χ0) is 18.0. The van der Waals surface area contributed by atoms with Gasteiger partial charge in [-0.15, -0.1) is 0 Å². The first-order valence-corrected chi connectivity index (χ1v) is 9.72. The molecule has 7 nitrogen and oxygen atoms in total. The minimum atomic E-state index is -3.53. The van der Waals surface area contributed by atoms with Gasteiger partial charge in [-0.1, -0.05) is 11.6 Å². The summed E-state index contributed by atoms with van der Waals surface area (Å²) < 4.78 is 31.2. The number of fused-ring (bicyclic) bond motifs is 1. The van der Waals surface area contributed by atoms with Crippen LogP contribution in [-0.2, 0) is 14.8 Å². The fraction of sp³-hybridized carbons (Fsp3) is 0.250. The highest BCUT2D eigenvalue weighted by molar-refractivity contribution is 7.92. The first kappa shape index (κ1) is 17.5. The molecule has 25 heavy (non-hydrogen) atoms. The quantitative estimate of drug-likeness (QED) is 0.881. The average molecular weight is 382 g/mol. The lowest BCUT2D eigenvalue weighted by Gasteiger charge is -2.21. The van der Waals surface area contributed by atoms with Crippen molar-refractivity contribution in [3.63, 3.8) is 0 Å². The number of sulfonamides is 1. The second kappa shape index (κ2) is 6.89. The van der Waals surface area contributed by atoms with E-state index in [-0.39, 0.29) is 18.9 Å². The molecule has 0 radical (unpaired) electrons. The van der Waals surface area contributed by atoms with Crippen molar-refractivity contribution in [1.82, 2.24) is 4.98 Å². The van der Waals surface area contributed by atoms with E-state index in [9.17, 15) is 13.2 Å². The van der Waals surface area contributed by atoms with Gasteiger partial charge in [-0.25, -0.2) is 8.42 Å². The highest BCUT2D eigenvalue weighted by Crippen LogP contribution is 2.36. The molecule has 0 aliphatic carbocycles. The Morgan fingerprint density at radius 1 is 1.40 bits per heavy atom. The fourth-order valence-corrected chi connectivity index (χ4v) is 3.64. The number of carbonyl (C=O) groups excluding carboxylic acids is 1. The van der Waals surface area contributed by atoms with Crippen molar-refractivity contribution in [2.45, 2.75) is 12.5 Å². The number of pyridine rings is 1. The van der Waals surface area contributed by atoms with Crippen molar-refractivity contribution in [2.24, 2.45) is 0 Å². The highest BCUT2D eigenvalue weighted by Gasteiger charge is 2.31. The minimum Gasteiger partial charge on any atom is -0.478 e. The Hall–Kier alpha value is -2.32. The molecule has 1 atom stereocenters. The van der Waals surface area contributed by atoms with Gasteiger partial charge in [0.05, 0.1) is 23.8 Å². The van der Waals surface area contributed by atoms with Crippen LogP contribution in [0.15, 0.2) is 42.7 Å². The molecule has 2 aromatic rings. The third-order valence-corrected chi connectivity index (χ3v) is 5.09. The van der Waals surface area contributed by atoms with E-state index in [1.54, 1.807) is 30.5 Å². The van der Waals surface area contributed by atoms with Gasteiger partial charge in [-0.3, -0.25) is 14.1 Å². The second-order valence-corrected chi connectivity index (χ2v) is 7.92. The number of halogens is 1. The summed E-state index contributed by atoms with van der Waals surface area (Å²) in [7, 11) is -3.53. The Kier molecular flexibility index (Phi) is 4.82. The number of benzene rings is 1. The summed E-state index contributed by atoms with van der Waals surface area (Å²) >= 11 is 5.99. The molecule has 0 saturated heterocycles. The highest BCUT2D eigenvalue weighted by atomic mass is 35.5. The lowest BCUT2D eigenvalue weighted by Crippen LogP contribution is -2.36. The van der Waals surface area contributed by atoms with Crippen molar-refractivity contribution < 1.29 is 17.9 Å². The Bertz CT molecular complexity index is 890. The number of nitrogens with one attached hydrogen (secondary N) is 1. The number of ether oxygens (including phenoxy) is 1. The molecular weight excluding hydrogens is 366 g/mol. The predicted octanol–water partition coefficient (Wildman–Crippen LogP) is 2.29. The third-order valence-electron chi connectivity index (χ3n) is 3.68. The molecule has 1 aromatic heterocycles. The molecule has 1 N–H and O–H groups in total. The Morgan fingerprint density at radius 3 is 2.88 bits per heavy atom. The lowest BCUT2D eigenvalue weighted by atomic mass is 10.2. The molecule has 0 fully saturated rings. The fourth-order valence-electron chi connectivity index (χ4n) is 2.54. The molecule has 3 rings (SSSR count). The lowest BCUT2D eigenvalue weighted by molar-refractivity contribution is -0.122. The summed E-state index contributed by atoms with van der Waals surface area (Å²) in [6, 6.07) is 8.07. The predicted molar refractivity (Wildman–Crippen MR) is 95.5 cm³/mol. The standard InChI is InChI=1S/C16H16ClN3O4S/c1-25(22,23)20-8-6-15(16(21)19-12-3-2-7-18-10-12)24-14-5-4-11(17)9-13(14)20/h2-5,7,9-10,15H,6,8H2,1H3,(H,19,21). The monoisotopic (exact) mass is 381 g/mol. The molecule has 0 bridgehead atoms. The summed E-state index contributed by atoms with van der Waals surface area (Å²) in [6.45, 7) is 0.108. The van der Waals surface area contributed by atoms with Crippen molar-refractivity contribution in [2.75, 3.05) is 22.4 Å². The molecule has 2 heterocycles. The number of anilines is 2. The Balaban J connectivity index is 1.89. The van der Waals surface area contributed by atoms with Crippen LogP contribution in [0.3, 0.4) is 0 Å². The zero-order valence-corrected chi connectivity index (χ0v) is 14.9. The average Bonchev–Trinajstić information content (AvgIpc) is 2.74. The SMILES string of the molecule is CS(=O)(=O)N1CCC(C(=O)Nc2cccnc2)Oc2ccc(Cl)cc21. The van der Waals surface area contributed by atoms with Crippen LogP contribution in [0.25, 0.3) is 0 Å². The molecule has 1 aliphatic rings. The molecule has 1 unspecified atom stereocenters. The normalized spacial score (nSPS) is 17.2. The van der Waals surface area contributed by atoms with E-state index in [1.165, 1.54) is 16.6 Å². The maximum absolute atomic E-state index is 12.5. The number of hydrogen-bond acceptors (Lipinski definition) is 5. The Labute approximate surface area is 150 Å². The van der Waals surface area contributed by atoms with Crippen molar-refractivity contribution in [3.05, 3.63) is 47.7 Å². The molecule has 1 amide bonds. The van der Waals surface area contributed by atoms with Crippen LogP contribution in [-0.4, -0.2) is 38.2 Å². The second-order valence-electron chi connectivity index (χ2n) is 5.57. The summed E-state index contributed by atoms with van der Waals surface area (Å²) in [5, 5.41) is 3.10. The third kappa shape index (κ3) is 4.02. The maximum Gasteiger partial charge on any atom is 0.265 e. The van der Waals surface area contributed by atoms with Crippen LogP contribution in [0, 0.1) is 0 Å². The van der Waals surface area contributed by atoms with Crippen molar-refractivity contribution >= 4 is 38.9 Å². The van der Waals surface area contributed by atoms with Crippen LogP contribution >= 0.6 is 11.6 Å². The maximum atomic E-state index is 12.5. The van der Waals surface area contributed by atoms with Crippen LogP contribution in [0.2, 0.25) is 5.02 Å². The summed E-state index contributed by atoms with van der Waals surface area (Å²) in [4.78, 5) is 16.4. The van der Waals surface area contributed by atoms with Crippen LogP contribution in [0.4, 0.5) is 11.4 Å². The number of nitrogens with zero attached hydrogens (tertiary/aromatic N) is 2. The van der Waals surface area contributed by atoms with Gasteiger partial charge in [0.25, 0.3) is 5.91 Å². The molecule has 132 valence electrons. The van der Waals surface area contributed by atoms with E-state index in [0.29, 0.717) is 22.1 Å². The zero-order valence-electron chi connectivity index (χ0n) is 13.3. The van der Waals surface area contributed by atoms with E-state index >= 15 is 0 Å². The molecule has 1 aliphatic heterocycles. The van der Waals surface area contributed by atoms with Gasteiger partial charge in [-0.05, 0) is 30.3 Å². The van der Waals surface area contributed by atoms with Gasteiger partial charge < -0.3 is 10.1 Å². The minimum absolute atomic E-state index is 0.108. The number of hydrogen-bond donors (Lipinski definition) is 1. The number of aromatic nitrogens is 1. The van der Waals surface area contributed by atoms with Crippen molar-refractivity contribution in [3.8, 4) is 5.75 Å². The smallest absolute Gasteiger partial charge is 0.265 e. The molecule has 9 heteroatoms. The van der Waals surface area contributed by atoms with Gasteiger partial charge in [0.2, 0.25) is 10.0 Å². The number of rotatable bonds is 3.